The Morgan fingerprint density at radius 1 is 0.417 bits per heavy atom. The third-order valence-electron chi connectivity index (χ3n) is 9.82. The zero-order chi connectivity index (χ0) is 42.3. The van der Waals surface area contributed by atoms with E-state index in [0.29, 0.717) is 11.1 Å². The van der Waals surface area contributed by atoms with Crippen LogP contribution in [0, 0.1) is 23.3 Å². The fourth-order valence-electron chi connectivity index (χ4n) is 6.47. The molecule has 12 heteroatoms. The van der Waals surface area contributed by atoms with Crippen LogP contribution in [0.1, 0.15) is 33.4 Å². The molecule has 0 heterocycles. The fourth-order valence-corrected chi connectivity index (χ4v) is 6.47. The van der Waals surface area contributed by atoms with E-state index >= 15 is 8.78 Å². The third kappa shape index (κ3) is 12.5. The van der Waals surface area contributed by atoms with Gasteiger partial charge in [-0.15, -0.1) is 0 Å². The van der Waals surface area contributed by atoms with Crippen LogP contribution in [0.15, 0.2) is 146 Å². The second-order valence-corrected chi connectivity index (χ2v) is 14.1. The molecular formula is C48H46F4O8. The average molecular weight is 827 g/mol. The molecule has 0 aliphatic heterocycles. The highest BCUT2D eigenvalue weighted by Crippen LogP contribution is 2.31. The van der Waals surface area contributed by atoms with Crippen molar-refractivity contribution >= 4 is 0 Å². The smallest absolute Gasteiger partial charge is 0.132 e. The molecule has 5 atom stereocenters. The zero-order valence-corrected chi connectivity index (χ0v) is 32.6. The van der Waals surface area contributed by atoms with E-state index < -0.39 is 67.0 Å². The van der Waals surface area contributed by atoms with Crippen molar-refractivity contribution in [1.82, 2.24) is 0 Å². The van der Waals surface area contributed by atoms with E-state index in [9.17, 15) is 24.1 Å². The van der Waals surface area contributed by atoms with E-state index in [1.807, 2.05) is 60.7 Å². The number of halogens is 4. The molecule has 6 aromatic rings. The van der Waals surface area contributed by atoms with Crippen molar-refractivity contribution in [2.45, 2.75) is 70.0 Å². The van der Waals surface area contributed by atoms with Gasteiger partial charge in [0.2, 0.25) is 0 Å². The first kappa shape index (κ1) is 44.0. The Balaban J connectivity index is 1.34. The predicted octanol–water partition coefficient (Wildman–Crippen LogP) is 8.41. The maximum atomic E-state index is 16.0. The summed E-state index contributed by atoms with van der Waals surface area (Å²) in [4.78, 5) is 0. The molecule has 60 heavy (non-hydrogen) atoms. The summed E-state index contributed by atoms with van der Waals surface area (Å²) in [5, 5.41) is 34.0. The molecule has 0 spiro atoms. The second-order valence-electron chi connectivity index (χ2n) is 14.1. The van der Waals surface area contributed by atoms with Crippen molar-refractivity contribution in [1.29, 1.82) is 0 Å². The molecule has 0 aliphatic carbocycles. The van der Waals surface area contributed by atoms with Crippen LogP contribution in [0.25, 0.3) is 0 Å². The lowest BCUT2D eigenvalue weighted by Crippen LogP contribution is -2.53. The zero-order valence-electron chi connectivity index (χ0n) is 32.6. The quantitative estimate of drug-likeness (QED) is 0.0587. The summed E-state index contributed by atoms with van der Waals surface area (Å²) in [7, 11) is 0. The van der Waals surface area contributed by atoms with Crippen molar-refractivity contribution < 1.29 is 56.6 Å². The highest BCUT2D eigenvalue weighted by molar-refractivity contribution is 5.37. The standard InChI is InChI=1S/C48H46F4O8/c49-36-21-17-34(18-22-36)29-58-45(26-53)46(54)47(55)48(60-30-35-19-23-37(50)24-20-35)44(25-38-40(51)13-7-15-42(38)56-27-32-9-3-1-4-10-32)59-31-39-41(52)14-8-16-43(39)57-28-33-11-5-2-6-12-33/h1-24,44-48,53-55H,25-31H2/t44?,45-,46-,47+,48-/m1/s1. The molecule has 0 fully saturated rings. The Kier molecular flexibility index (Phi) is 16.2. The Bertz CT molecular complexity index is 2190. The maximum absolute atomic E-state index is 16.0. The molecule has 6 rings (SSSR count). The van der Waals surface area contributed by atoms with Gasteiger partial charge in [0.1, 0.15) is 72.4 Å². The van der Waals surface area contributed by atoms with E-state index in [1.165, 1.54) is 72.8 Å². The van der Waals surface area contributed by atoms with Crippen molar-refractivity contribution in [3.05, 3.63) is 202 Å². The first-order chi connectivity index (χ1) is 29.2. The van der Waals surface area contributed by atoms with Gasteiger partial charge in [-0.2, -0.15) is 0 Å². The first-order valence-corrected chi connectivity index (χ1v) is 19.4. The molecule has 0 aliphatic rings. The summed E-state index contributed by atoms with van der Waals surface area (Å²) >= 11 is 0. The van der Waals surface area contributed by atoms with Gasteiger partial charge >= 0.3 is 0 Å². The number of aliphatic hydroxyl groups excluding tert-OH is 3. The van der Waals surface area contributed by atoms with Crippen LogP contribution >= 0.6 is 0 Å². The molecule has 0 saturated carbocycles. The minimum atomic E-state index is -1.89. The SMILES string of the molecule is OC[C@@H](OCc1ccc(F)cc1)[C@@H](O)[C@H](O)[C@H](OCc1ccc(F)cc1)C(Cc1c(F)cccc1OCc1ccccc1)OCc1c(F)cccc1OCc1ccccc1. The molecule has 0 aromatic heterocycles. The maximum Gasteiger partial charge on any atom is 0.132 e. The number of benzene rings is 6. The van der Waals surface area contributed by atoms with Crippen LogP contribution in [0.4, 0.5) is 17.6 Å². The lowest BCUT2D eigenvalue weighted by molar-refractivity contribution is -0.185. The number of aliphatic hydroxyl groups is 3. The van der Waals surface area contributed by atoms with Gasteiger partial charge in [-0.25, -0.2) is 17.6 Å². The molecular weight excluding hydrogens is 781 g/mol. The average Bonchev–Trinajstić information content (AvgIpc) is 3.27. The molecule has 0 saturated heterocycles. The molecule has 0 amide bonds. The summed E-state index contributed by atoms with van der Waals surface area (Å²) < 4.78 is 89.8. The number of hydrogen-bond donors (Lipinski definition) is 3. The van der Waals surface area contributed by atoms with Gasteiger partial charge in [0.15, 0.2) is 0 Å². The summed E-state index contributed by atoms with van der Waals surface area (Å²) in [5.74, 6) is -1.95. The van der Waals surface area contributed by atoms with Crippen molar-refractivity contribution in [3.63, 3.8) is 0 Å². The Morgan fingerprint density at radius 2 is 0.867 bits per heavy atom. The van der Waals surface area contributed by atoms with Crippen LogP contribution in [0.5, 0.6) is 11.5 Å². The van der Waals surface area contributed by atoms with Gasteiger partial charge < -0.3 is 39.0 Å². The summed E-state index contributed by atoms with van der Waals surface area (Å²) in [6.07, 6.45) is -8.35. The lowest BCUT2D eigenvalue weighted by Gasteiger charge is -2.36. The number of hydrogen-bond acceptors (Lipinski definition) is 8. The van der Waals surface area contributed by atoms with E-state index in [0.717, 1.165) is 11.1 Å². The van der Waals surface area contributed by atoms with Crippen LogP contribution in [0.3, 0.4) is 0 Å². The fraction of sp³-hybridized carbons (Fsp3) is 0.250. The van der Waals surface area contributed by atoms with Crippen molar-refractivity contribution in [3.8, 4) is 11.5 Å². The van der Waals surface area contributed by atoms with E-state index in [-0.39, 0.29) is 55.5 Å². The summed E-state index contributed by atoms with van der Waals surface area (Å²) in [6.45, 7) is -1.40. The van der Waals surface area contributed by atoms with Gasteiger partial charge in [0.25, 0.3) is 0 Å². The lowest BCUT2D eigenvalue weighted by atomic mass is 9.94. The molecule has 314 valence electrons. The highest BCUT2D eigenvalue weighted by Gasteiger charge is 2.39. The van der Waals surface area contributed by atoms with Gasteiger partial charge in [-0.3, -0.25) is 0 Å². The minimum absolute atomic E-state index is 0.0238. The van der Waals surface area contributed by atoms with E-state index in [4.69, 9.17) is 23.7 Å². The van der Waals surface area contributed by atoms with Crippen LogP contribution in [0.2, 0.25) is 0 Å². The van der Waals surface area contributed by atoms with Crippen LogP contribution in [-0.4, -0.2) is 52.4 Å². The van der Waals surface area contributed by atoms with Crippen LogP contribution in [-0.2, 0) is 53.7 Å². The number of rotatable bonds is 22. The van der Waals surface area contributed by atoms with Gasteiger partial charge in [0.05, 0.1) is 38.1 Å². The summed E-state index contributed by atoms with van der Waals surface area (Å²) in [6, 6.07) is 37.9. The van der Waals surface area contributed by atoms with Gasteiger partial charge in [-0.1, -0.05) is 97.1 Å². The number of ether oxygens (including phenoxy) is 5. The van der Waals surface area contributed by atoms with Gasteiger partial charge in [0, 0.05) is 12.0 Å². The Hall–Kier alpha value is -5.60. The van der Waals surface area contributed by atoms with Crippen molar-refractivity contribution in [2.75, 3.05) is 6.61 Å². The molecule has 6 aromatic carbocycles. The second kappa shape index (κ2) is 22.1. The largest absolute Gasteiger partial charge is 0.489 e. The first-order valence-electron chi connectivity index (χ1n) is 19.4. The summed E-state index contributed by atoms with van der Waals surface area (Å²) in [5.41, 5.74) is 2.72. The monoisotopic (exact) mass is 826 g/mol. The molecule has 0 bridgehead atoms. The predicted molar refractivity (Wildman–Crippen MR) is 216 cm³/mol. The molecule has 8 nitrogen and oxygen atoms in total. The Labute approximate surface area is 346 Å². The highest BCUT2D eigenvalue weighted by atomic mass is 19.1. The molecule has 0 radical (unpaired) electrons. The topological polar surface area (TPSA) is 107 Å². The molecule has 3 N–H and O–H groups in total. The van der Waals surface area contributed by atoms with E-state index in [2.05, 4.69) is 0 Å². The minimum Gasteiger partial charge on any atom is -0.489 e. The van der Waals surface area contributed by atoms with Crippen molar-refractivity contribution in [2.24, 2.45) is 0 Å². The third-order valence-corrected chi connectivity index (χ3v) is 9.82. The molecule has 1 unspecified atom stereocenters. The normalized spacial score (nSPS) is 13.9. The Morgan fingerprint density at radius 3 is 1.38 bits per heavy atom. The van der Waals surface area contributed by atoms with Crippen LogP contribution < -0.4 is 9.47 Å². The van der Waals surface area contributed by atoms with E-state index in [1.54, 1.807) is 12.1 Å². The van der Waals surface area contributed by atoms with Gasteiger partial charge in [-0.05, 0) is 70.8 Å².